The van der Waals surface area contributed by atoms with E-state index in [1.54, 1.807) is 44.6 Å². The molecular formula is C26H34N4O5S. The van der Waals surface area contributed by atoms with Crippen LogP contribution in [0.5, 0.6) is 11.5 Å². The van der Waals surface area contributed by atoms with Gasteiger partial charge in [-0.3, -0.25) is 14.1 Å². The van der Waals surface area contributed by atoms with Crippen LogP contribution in [-0.4, -0.2) is 71.6 Å². The molecule has 1 atom stereocenters. The Morgan fingerprint density at radius 2 is 1.75 bits per heavy atom. The van der Waals surface area contributed by atoms with E-state index < -0.39 is 15.9 Å². The van der Waals surface area contributed by atoms with E-state index in [2.05, 4.69) is 10.2 Å². The number of ether oxygens (including phenoxy) is 2. The average Bonchev–Trinajstić information content (AvgIpc) is 3.48. The monoisotopic (exact) mass is 514 g/mol. The first-order valence-electron chi connectivity index (χ1n) is 12.2. The number of amides is 1. The molecule has 2 aromatic rings. The van der Waals surface area contributed by atoms with Gasteiger partial charge in [0.15, 0.2) is 11.5 Å². The fourth-order valence-electron chi connectivity index (χ4n) is 4.85. The summed E-state index contributed by atoms with van der Waals surface area (Å²) in [7, 11) is -0.306. The van der Waals surface area contributed by atoms with Crippen LogP contribution in [0, 0.1) is 0 Å². The number of anilines is 2. The average molecular weight is 515 g/mol. The first-order chi connectivity index (χ1) is 17.2. The number of methoxy groups -OCH3 is 2. The minimum atomic E-state index is -3.42. The topological polar surface area (TPSA) is 101 Å². The molecule has 0 bridgehead atoms. The summed E-state index contributed by atoms with van der Waals surface area (Å²) in [5.74, 6) is 0.399. The highest BCUT2D eigenvalue weighted by molar-refractivity contribution is 7.92. The van der Waals surface area contributed by atoms with Crippen molar-refractivity contribution in [2.24, 2.45) is 4.99 Å². The van der Waals surface area contributed by atoms with Crippen LogP contribution in [-0.2, 0) is 14.8 Å². The summed E-state index contributed by atoms with van der Waals surface area (Å²) < 4.78 is 37.2. The number of hydrogen-bond acceptors (Lipinski definition) is 7. The van der Waals surface area contributed by atoms with Crippen molar-refractivity contribution in [2.45, 2.75) is 32.1 Å². The molecule has 1 N–H and O–H groups in total. The molecule has 10 heteroatoms. The summed E-state index contributed by atoms with van der Waals surface area (Å²) in [6.07, 6.45) is 4.13. The van der Waals surface area contributed by atoms with E-state index in [4.69, 9.17) is 14.5 Å². The summed E-state index contributed by atoms with van der Waals surface area (Å²) in [6.45, 7) is 5.11. The highest BCUT2D eigenvalue weighted by atomic mass is 32.2. The van der Waals surface area contributed by atoms with Gasteiger partial charge in [0.25, 0.3) is 0 Å². The Labute approximate surface area is 213 Å². The molecule has 2 aliphatic heterocycles. The molecule has 0 aromatic heterocycles. The van der Waals surface area contributed by atoms with E-state index in [0.717, 1.165) is 31.5 Å². The number of carbonyl (C=O) groups excluding carboxylic acids is 1. The molecule has 1 fully saturated rings. The summed E-state index contributed by atoms with van der Waals surface area (Å²) >= 11 is 0. The van der Waals surface area contributed by atoms with Crippen LogP contribution in [0.4, 0.5) is 17.1 Å². The van der Waals surface area contributed by atoms with E-state index in [9.17, 15) is 13.2 Å². The minimum Gasteiger partial charge on any atom is -0.493 e. The van der Waals surface area contributed by atoms with Crippen LogP contribution in [0.2, 0.25) is 0 Å². The van der Waals surface area contributed by atoms with Crippen molar-refractivity contribution in [1.29, 1.82) is 0 Å². The molecule has 4 rings (SSSR count). The number of nitrogens with one attached hydrogen (secondary N) is 1. The SMILES string of the molecule is CCC(=Nc1ccc(N(CCN2CCCC2)S(C)(=O)=O)cc1)C1C(=O)Nc2cc(OC)c(OC)cc21. The number of benzene rings is 2. The van der Waals surface area contributed by atoms with Gasteiger partial charge in [0, 0.05) is 30.6 Å². The maximum absolute atomic E-state index is 12.9. The predicted molar refractivity (Wildman–Crippen MR) is 143 cm³/mol. The molecule has 1 unspecified atom stereocenters. The molecule has 1 saturated heterocycles. The summed E-state index contributed by atoms with van der Waals surface area (Å²) in [6, 6.07) is 10.7. The van der Waals surface area contributed by atoms with Crippen molar-refractivity contribution in [2.75, 3.05) is 56.3 Å². The molecule has 0 saturated carbocycles. The normalized spacial score (nSPS) is 18.2. The Morgan fingerprint density at radius 1 is 1.11 bits per heavy atom. The minimum absolute atomic E-state index is 0.150. The highest BCUT2D eigenvalue weighted by Gasteiger charge is 2.35. The lowest BCUT2D eigenvalue weighted by Crippen LogP contribution is -2.37. The Hall–Kier alpha value is -3.11. The number of sulfonamides is 1. The molecule has 1 amide bonds. The zero-order valence-electron chi connectivity index (χ0n) is 21.3. The second-order valence-electron chi connectivity index (χ2n) is 9.07. The maximum Gasteiger partial charge on any atom is 0.237 e. The third kappa shape index (κ3) is 5.49. The quantitative estimate of drug-likeness (QED) is 0.485. The first-order valence-corrected chi connectivity index (χ1v) is 14.0. The van der Waals surface area contributed by atoms with Crippen molar-refractivity contribution >= 4 is 38.7 Å². The van der Waals surface area contributed by atoms with Crippen molar-refractivity contribution in [3.63, 3.8) is 0 Å². The van der Waals surface area contributed by atoms with Crippen LogP contribution >= 0.6 is 0 Å². The fraction of sp³-hybridized carbons (Fsp3) is 0.462. The second-order valence-corrected chi connectivity index (χ2v) is 11.0. The number of aliphatic imine (C=N–C) groups is 1. The zero-order chi connectivity index (χ0) is 25.9. The van der Waals surface area contributed by atoms with E-state index in [1.807, 2.05) is 13.0 Å². The van der Waals surface area contributed by atoms with Gasteiger partial charge in [0.1, 0.15) is 5.92 Å². The molecule has 0 radical (unpaired) electrons. The van der Waals surface area contributed by atoms with Gasteiger partial charge in [-0.25, -0.2) is 8.42 Å². The number of likely N-dealkylation sites (tertiary alicyclic amines) is 1. The van der Waals surface area contributed by atoms with Crippen LogP contribution in [0.15, 0.2) is 41.4 Å². The van der Waals surface area contributed by atoms with Crippen LogP contribution in [0.1, 0.15) is 37.7 Å². The number of rotatable bonds is 10. The molecule has 0 aliphatic carbocycles. The van der Waals surface area contributed by atoms with Gasteiger partial charge in [-0.15, -0.1) is 0 Å². The fourth-order valence-corrected chi connectivity index (χ4v) is 5.77. The molecule has 2 aliphatic rings. The second kappa shape index (κ2) is 10.9. The summed E-state index contributed by atoms with van der Waals surface area (Å²) in [5.41, 5.74) is 3.45. The van der Waals surface area contributed by atoms with Crippen LogP contribution in [0.3, 0.4) is 0 Å². The first kappa shape index (κ1) is 26.0. The van der Waals surface area contributed by atoms with Gasteiger partial charge >= 0.3 is 0 Å². The van der Waals surface area contributed by atoms with Gasteiger partial charge in [-0.2, -0.15) is 0 Å². The van der Waals surface area contributed by atoms with Crippen LogP contribution in [0.25, 0.3) is 0 Å². The molecule has 36 heavy (non-hydrogen) atoms. The summed E-state index contributed by atoms with van der Waals surface area (Å²) in [5, 5.41) is 2.92. The van der Waals surface area contributed by atoms with Crippen molar-refractivity contribution < 1.29 is 22.7 Å². The molecule has 9 nitrogen and oxygen atoms in total. The van der Waals surface area contributed by atoms with Gasteiger partial charge in [0.2, 0.25) is 15.9 Å². The highest BCUT2D eigenvalue weighted by Crippen LogP contribution is 2.42. The zero-order valence-corrected chi connectivity index (χ0v) is 22.1. The molecule has 194 valence electrons. The molecule has 2 aromatic carbocycles. The number of nitrogens with zero attached hydrogens (tertiary/aromatic N) is 3. The van der Waals surface area contributed by atoms with E-state index in [1.165, 1.54) is 10.6 Å². The van der Waals surface area contributed by atoms with Gasteiger partial charge in [-0.1, -0.05) is 6.92 Å². The Morgan fingerprint density at radius 3 is 2.33 bits per heavy atom. The van der Waals surface area contributed by atoms with E-state index >= 15 is 0 Å². The van der Waals surface area contributed by atoms with Crippen molar-refractivity contribution in [3.8, 4) is 11.5 Å². The maximum atomic E-state index is 12.9. The number of fused-ring (bicyclic) bond motifs is 1. The Bertz CT molecular complexity index is 1240. The number of hydrogen-bond donors (Lipinski definition) is 1. The van der Waals surface area contributed by atoms with Crippen LogP contribution < -0.4 is 19.1 Å². The third-order valence-corrected chi connectivity index (χ3v) is 7.91. The molecule has 2 heterocycles. The van der Waals surface area contributed by atoms with E-state index in [0.29, 0.717) is 53.8 Å². The lowest BCUT2D eigenvalue weighted by molar-refractivity contribution is -0.115. The van der Waals surface area contributed by atoms with Crippen molar-refractivity contribution in [3.05, 3.63) is 42.0 Å². The summed E-state index contributed by atoms with van der Waals surface area (Å²) in [4.78, 5) is 20.0. The Balaban J connectivity index is 1.58. The molecular weight excluding hydrogens is 480 g/mol. The lowest BCUT2D eigenvalue weighted by Gasteiger charge is -2.25. The number of carbonyl (C=O) groups is 1. The largest absolute Gasteiger partial charge is 0.493 e. The lowest BCUT2D eigenvalue weighted by atomic mass is 9.93. The smallest absolute Gasteiger partial charge is 0.237 e. The predicted octanol–water partition coefficient (Wildman–Crippen LogP) is 3.78. The van der Waals surface area contributed by atoms with E-state index in [-0.39, 0.29) is 5.91 Å². The molecule has 0 spiro atoms. The van der Waals surface area contributed by atoms with Gasteiger partial charge in [-0.05, 0) is 68.2 Å². The Kier molecular flexibility index (Phi) is 7.85. The van der Waals surface area contributed by atoms with Gasteiger partial charge < -0.3 is 19.7 Å². The van der Waals surface area contributed by atoms with Gasteiger partial charge in [0.05, 0.1) is 31.9 Å². The third-order valence-electron chi connectivity index (χ3n) is 6.71. The van der Waals surface area contributed by atoms with Crippen molar-refractivity contribution in [1.82, 2.24) is 4.90 Å². The standard InChI is InChI=1S/C26H34N4O5S/c1-5-21(25-20-16-23(34-2)24(35-3)17-22(20)28-26(25)31)27-18-8-10-19(11-9-18)30(36(4,32)33)15-14-29-12-6-7-13-29/h8-11,16-17,25H,5-7,12-15H2,1-4H3,(H,28,31).